The lowest BCUT2D eigenvalue weighted by Gasteiger charge is -2.34. The van der Waals surface area contributed by atoms with Crippen molar-refractivity contribution in [2.75, 3.05) is 37.6 Å². The number of halogens is 3. The summed E-state index contributed by atoms with van der Waals surface area (Å²) in [6, 6.07) is 0. The number of nitrogens with zero attached hydrogens (tertiary/aromatic N) is 5. The summed E-state index contributed by atoms with van der Waals surface area (Å²) in [4.78, 5) is 12.2. The molecule has 1 fully saturated rings. The summed E-state index contributed by atoms with van der Waals surface area (Å²) in [6.45, 7) is 6.33. The highest BCUT2D eigenvalue weighted by Gasteiger charge is 2.34. The topological polar surface area (TPSA) is 36.7 Å². The van der Waals surface area contributed by atoms with Gasteiger partial charge in [-0.2, -0.15) is 13.2 Å². The Kier molecular flexibility index (Phi) is 3.48. The Labute approximate surface area is 120 Å². The van der Waals surface area contributed by atoms with E-state index in [-0.39, 0.29) is 5.65 Å². The number of hydrogen-bond acceptors (Lipinski definition) is 4. The minimum Gasteiger partial charge on any atom is -0.351 e. The van der Waals surface area contributed by atoms with Crippen molar-refractivity contribution in [1.82, 2.24) is 19.3 Å². The molecule has 5 nitrogen and oxygen atoms in total. The van der Waals surface area contributed by atoms with Crippen molar-refractivity contribution in [3.63, 3.8) is 0 Å². The number of anilines is 1. The highest BCUT2D eigenvalue weighted by molar-refractivity contribution is 5.64. The zero-order valence-corrected chi connectivity index (χ0v) is 11.6. The van der Waals surface area contributed by atoms with Gasteiger partial charge in [0, 0.05) is 44.8 Å². The van der Waals surface area contributed by atoms with Crippen LogP contribution in [-0.4, -0.2) is 52.0 Å². The van der Waals surface area contributed by atoms with E-state index in [1.54, 1.807) is 0 Å². The van der Waals surface area contributed by atoms with Crippen molar-refractivity contribution < 1.29 is 13.2 Å². The van der Waals surface area contributed by atoms with E-state index in [0.29, 0.717) is 5.82 Å². The predicted octanol–water partition coefficient (Wildman–Crippen LogP) is 1.89. The summed E-state index contributed by atoms with van der Waals surface area (Å²) in [5.74, 6) is 0.517. The first-order valence-electron chi connectivity index (χ1n) is 6.87. The molecule has 3 rings (SSSR count). The molecule has 0 spiro atoms. The van der Waals surface area contributed by atoms with Gasteiger partial charge >= 0.3 is 6.18 Å². The van der Waals surface area contributed by atoms with Gasteiger partial charge in [0.25, 0.3) is 0 Å². The third-order valence-corrected chi connectivity index (χ3v) is 3.77. The third-order valence-electron chi connectivity index (χ3n) is 3.77. The second-order valence-electron chi connectivity index (χ2n) is 5.03. The molecule has 0 bridgehead atoms. The molecule has 0 radical (unpaired) electrons. The van der Waals surface area contributed by atoms with Crippen LogP contribution in [0.5, 0.6) is 0 Å². The molecule has 2 aromatic heterocycles. The van der Waals surface area contributed by atoms with Crippen molar-refractivity contribution in [3.8, 4) is 0 Å². The van der Waals surface area contributed by atoms with Gasteiger partial charge < -0.3 is 14.2 Å². The molecule has 1 aliphatic heterocycles. The van der Waals surface area contributed by atoms with Gasteiger partial charge in [-0.25, -0.2) is 9.97 Å². The average molecular weight is 299 g/mol. The van der Waals surface area contributed by atoms with Gasteiger partial charge in [-0.05, 0) is 6.54 Å². The Morgan fingerprint density at radius 2 is 1.90 bits per heavy atom. The van der Waals surface area contributed by atoms with Crippen LogP contribution < -0.4 is 4.90 Å². The smallest absolute Gasteiger partial charge is 0.351 e. The lowest BCUT2D eigenvalue weighted by atomic mass is 10.3. The highest BCUT2D eigenvalue weighted by atomic mass is 19.4. The van der Waals surface area contributed by atoms with E-state index in [0.717, 1.165) is 38.9 Å². The van der Waals surface area contributed by atoms with Crippen molar-refractivity contribution in [2.24, 2.45) is 0 Å². The zero-order chi connectivity index (χ0) is 15.0. The van der Waals surface area contributed by atoms with Crippen LogP contribution in [0.1, 0.15) is 12.6 Å². The van der Waals surface area contributed by atoms with Crippen molar-refractivity contribution in [3.05, 3.63) is 24.3 Å². The van der Waals surface area contributed by atoms with Crippen LogP contribution in [0.25, 0.3) is 5.65 Å². The molecule has 1 aliphatic rings. The predicted molar refractivity (Wildman–Crippen MR) is 72.3 cm³/mol. The van der Waals surface area contributed by atoms with Gasteiger partial charge in [0.15, 0.2) is 17.2 Å². The van der Waals surface area contributed by atoms with Gasteiger partial charge in [-0.3, -0.25) is 0 Å². The molecule has 21 heavy (non-hydrogen) atoms. The van der Waals surface area contributed by atoms with Crippen LogP contribution in [0.3, 0.4) is 0 Å². The van der Waals surface area contributed by atoms with Crippen molar-refractivity contribution in [1.29, 1.82) is 0 Å². The quantitative estimate of drug-likeness (QED) is 0.848. The summed E-state index contributed by atoms with van der Waals surface area (Å²) >= 11 is 0. The Bertz CT molecular complexity index is 628. The van der Waals surface area contributed by atoms with E-state index in [9.17, 15) is 13.2 Å². The van der Waals surface area contributed by atoms with Crippen LogP contribution in [0.4, 0.5) is 19.0 Å². The SMILES string of the molecule is CCN1CCN(c2nccn3cc(C(F)(F)F)nc23)CC1. The highest BCUT2D eigenvalue weighted by Crippen LogP contribution is 2.30. The molecule has 1 saturated heterocycles. The molecule has 8 heteroatoms. The van der Waals surface area contributed by atoms with Gasteiger partial charge in [-0.1, -0.05) is 6.92 Å². The maximum Gasteiger partial charge on any atom is 0.434 e. The molecular weight excluding hydrogens is 283 g/mol. The van der Waals surface area contributed by atoms with Gasteiger partial charge in [0.2, 0.25) is 0 Å². The Morgan fingerprint density at radius 1 is 1.19 bits per heavy atom. The largest absolute Gasteiger partial charge is 0.434 e. The van der Waals surface area contributed by atoms with E-state index >= 15 is 0 Å². The maximum absolute atomic E-state index is 12.8. The fourth-order valence-corrected chi connectivity index (χ4v) is 2.54. The number of hydrogen-bond donors (Lipinski definition) is 0. The molecule has 3 heterocycles. The second-order valence-corrected chi connectivity index (χ2v) is 5.03. The van der Waals surface area contributed by atoms with E-state index in [2.05, 4.69) is 21.8 Å². The average Bonchev–Trinajstić information content (AvgIpc) is 2.91. The fraction of sp³-hybridized carbons (Fsp3) is 0.538. The van der Waals surface area contributed by atoms with Gasteiger partial charge in [-0.15, -0.1) is 0 Å². The number of rotatable bonds is 2. The molecule has 114 valence electrons. The first-order chi connectivity index (χ1) is 9.99. The van der Waals surface area contributed by atoms with Crippen LogP contribution in [0.2, 0.25) is 0 Å². The number of likely N-dealkylation sites (N-methyl/N-ethyl adjacent to an activating group) is 1. The maximum atomic E-state index is 12.8. The molecule has 0 N–H and O–H groups in total. The first kappa shape index (κ1) is 14.1. The van der Waals surface area contributed by atoms with Crippen LogP contribution >= 0.6 is 0 Å². The molecular formula is C13H16F3N5. The van der Waals surface area contributed by atoms with Gasteiger partial charge in [0.05, 0.1) is 0 Å². The summed E-state index contributed by atoms with van der Waals surface area (Å²) in [7, 11) is 0. The second kappa shape index (κ2) is 5.18. The van der Waals surface area contributed by atoms with Crippen LogP contribution in [0, 0.1) is 0 Å². The van der Waals surface area contributed by atoms with Crippen molar-refractivity contribution in [2.45, 2.75) is 13.1 Å². The van der Waals surface area contributed by atoms with Crippen LogP contribution in [-0.2, 0) is 6.18 Å². The zero-order valence-electron chi connectivity index (χ0n) is 11.6. The van der Waals surface area contributed by atoms with E-state index < -0.39 is 11.9 Å². The molecule has 2 aromatic rings. The standard InChI is InChI=1S/C13H16F3N5/c1-2-19-5-7-20(8-6-19)11-12-18-10(13(14,15)16)9-21(12)4-3-17-11/h3-4,9H,2,5-8H2,1H3. The Hall–Kier alpha value is -1.83. The fourth-order valence-electron chi connectivity index (χ4n) is 2.54. The Balaban J connectivity index is 1.94. The first-order valence-corrected chi connectivity index (χ1v) is 6.87. The monoisotopic (exact) mass is 299 g/mol. The van der Waals surface area contributed by atoms with E-state index in [1.807, 2.05) is 4.90 Å². The Morgan fingerprint density at radius 3 is 2.52 bits per heavy atom. The normalized spacial score (nSPS) is 17.6. The number of imidazole rings is 1. The lowest BCUT2D eigenvalue weighted by molar-refractivity contribution is -0.140. The van der Waals surface area contributed by atoms with E-state index in [1.165, 1.54) is 16.8 Å². The minimum atomic E-state index is -4.44. The number of aromatic nitrogens is 3. The summed E-state index contributed by atoms with van der Waals surface area (Å²) in [6.07, 6.45) is -0.438. The molecule has 0 atom stereocenters. The summed E-state index contributed by atoms with van der Waals surface area (Å²) < 4.78 is 39.7. The number of fused-ring (bicyclic) bond motifs is 1. The molecule has 0 aromatic carbocycles. The number of piperazine rings is 1. The molecule has 0 aliphatic carbocycles. The minimum absolute atomic E-state index is 0.259. The molecule has 0 unspecified atom stereocenters. The number of alkyl halides is 3. The summed E-state index contributed by atoms with van der Waals surface area (Å²) in [5.41, 5.74) is -0.626. The van der Waals surface area contributed by atoms with Crippen molar-refractivity contribution >= 4 is 11.5 Å². The third kappa shape index (κ3) is 2.67. The molecule has 0 amide bonds. The van der Waals surface area contributed by atoms with Gasteiger partial charge in [0.1, 0.15) is 0 Å². The lowest BCUT2D eigenvalue weighted by Crippen LogP contribution is -2.46. The van der Waals surface area contributed by atoms with Crippen LogP contribution in [0.15, 0.2) is 18.6 Å². The summed E-state index contributed by atoms with van der Waals surface area (Å²) in [5, 5.41) is 0. The molecule has 0 saturated carbocycles. The van der Waals surface area contributed by atoms with E-state index in [4.69, 9.17) is 0 Å².